The van der Waals surface area contributed by atoms with Crippen LogP contribution < -0.4 is 0 Å². The van der Waals surface area contributed by atoms with Crippen molar-refractivity contribution in [1.82, 2.24) is 9.13 Å². The molecule has 0 radical (unpaired) electrons. The first-order valence-electron chi connectivity index (χ1n) is 20.1. The van der Waals surface area contributed by atoms with Crippen LogP contribution in [0.25, 0.3) is 66.1 Å². The first kappa shape index (κ1) is 33.9. The average molecular weight is 741 g/mol. The predicted octanol–water partition coefficient (Wildman–Crippen LogP) is 14.2. The molecule has 0 aliphatic rings. The van der Waals surface area contributed by atoms with Gasteiger partial charge in [0.05, 0.1) is 27.5 Å². The lowest BCUT2D eigenvalue weighted by Gasteiger charge is -2.37. The number of aromatic nitrogens is 2. The number of fused-ring (bicyclic) bond motifs is 6. The van der Waals surface area contributed by atoms with Gasteiger partial charge in [0.25, 0.3) is 0 Å². The van der Waals surface area contributed by atoms with E-state index in [0.717, 1.165) is 5.69 Å². The first-order chi connectivity index (χ1) is 28.7. The molecule has 2 aromatic heterocycles. The topological polar surface area (TPSA) is 9.86 Å². The minimum absolute atomic E-state index is 0.535. The van der Waals surface area contributed by atoms with Crippen LogP contribution in [0.15, 0.2) is 224 Å². The Bertz CT molecular complexity index is 3180. The quantitative estimate of drug-likeness (QED) is 0.144. The van der Waals surface area contributed by atoms with Crippen LogP contribution in [-0.4, -0.2) is 9.13 Å². The van der Waals surface area contributed by atoms with Gasteiger partial charge < -0.3 is 9.13 Å². The molecular weight excluding hydrogens is 701 g/mol. The third-order valence-electron chi connectivity index (χ3n) is 12.1. The monoisotopic (exact) mass is 740 g/mol. The second-order valence-electron chi connectivity index (χ2n) is 15.4. The van der Waals surface area contributed by atoms with Crippen molar-refractivity contribution >= 4 is 43.6 Å². The number of para-hydroxylation sites is 2. The summed E-state index contributed by atoms with van der Waals surface area (Å²) >= 11 is 0. The molecule has 58 heavy (non-hydrogen) atoms. The Morgan fingerprint density at radius 3 is 1.17 bits per heavy atom. The van der Waals surface area contributed by atoms with Crippen LogP contribution in [0.1, 0.15) is 27.8 Å². The van der Waals surface area contributed by atoms with Gasteiger partial charge in [-0.15, -0.1) is 0 Å². The second kappa shape index (κ2) is 13.7. The van der Waals surface area contributed by atoms with Crippen molar-refractivity contribution in [2.75, 3.05) is 0 Å². The Balaban J connectivity index is 1.10. The van der Waals surface area contributed by atoms with Crippen molar-refractivity contribution in [3.05, 3.63) is 252 Å². The van der Waals surface area contributed by atoms with Crippen LogP contribution >= 0.6 is 0 Å². The molecule has 11 aromatic rings. The van der Waals surface area contributed by atoms with Gasteiger partial charge in [0.2, 0.25) is 0 Å². The van der Waals surface area contributed by atoms with Gasteiger partial charge in [-0.05, 0) is 107 Å². The maximum absolute atomic E-state index is 2.45. The molecule has 0 unspecified atom stereocenters. The van der Waals surface area contributed by atoms with Crippen molar-refractivity contribution in [2.45, 2.75) is 12.3 Å². The third-order valence-corrected chi connectivity index (χ3v) is 12.1. The molecule has 0 aliphatic heterocycles. The average Bonchev–Trinajstić information content (AvgIpc) is 3.80. The van der Waals surface area contributed by atoms with Crippen molar-refractivity contribution in [3.63, 3.8) is 0 Å². The van der Waals surface area contributed by atoms with Crippen LogP contribution in [0.5, 0.6) is 0 Å². The molecule has 0 fully saturated rings. The molecule has 11 rings (SSSR count). The van der Waals surface area contributed by atoms with E-state index in [1.54, 1.807) is 0 Å². The summed E-state index contributed by atoms with van der Waals surface area (Å²) in [5.74, 6) is 0. The second-order valence-corrected chi connectivity index (χ2v) is 15.4. The molecule has 0 saturated carbocycles. The zero-order valence-electron chi connectivity index (χ0n) is 32.3. The maximum Gasteiger partial charge on any atom is 0.0702 e. The van der Waals surface area contributed by atoms with Gasteiger partial charge in [-0.3, -0.25) is 0 Å². The fourth-order valence-corrected chi connectivity index (χ4v) is 9.57. The van der Waals surface area contributed by atoms with Gasteiger partial charge in [0.1, 0.15) is 0 Å². The largest absolute Gasteiger partial charge is 0.309 e. The van der Waals surface area contributed by atoms with E-state index in [9.17, 15) is 0 Å². The van der Waals surface area contributed by atoms with Gasteiger partial charge in [0, 0.05) is 32.9 Å². The molecule has 274 valence electrons. The summed E-state index contributed by atoms with van der Waals surface area (Å²) < 4.78 is 4.84. The molecule has 0 aliphatic carbocycles. The summed E-state index contributed by atoms with van der Waals surface area (Å²) in [7, 11) is 0. The summed E-state index contributed by atoms with van der Waals surface area (Å²) in [6, 6.07) is 82.4. The summed E-state index contributed by atoms with van der Waals surface area (Å²) in [5.41, 5.74) is 15.2. The van der Waals surface area contributed by atoms with Gasteiger partial charge in [-0.25, -0.2) is 0 Å². The summed E-state index contributed by atoms with van der Waals surface area (Å²) in [5, 5.41) is 4.99. The molecule has 2 heteroatoms. The highest BCUT2D eigenvalue weighted by Crippen LogP contribution is 2.46. The minimum Gasteiger partial charge on any atom is -0.309 e. The van der Waals surface area contributed by atoms with E-state index in [-0.39, 0.29) is 0 Å². The number of nitrogens with zero attached hydrogens (tertiary/aromatic N) is 2. The van der Waals surface area contributed by atoms with E-state index in [1.165, 1.54) is 88.2 Å². The van der Waals surface area contributed by atoms with Crippen LogP contribution in [-0.2, 0) is 5.41 Å². The summed E-state index contributed by atoms with van der Waals surface area (Å²) in [6.07, 6.45) is 0. The van der Waals surface area contributed by atoms with Crippen molar-refractivity contribution < 1.29 is 0 Å². The molecule has 0 amide bonds. The Labute approximate surface area is 338 Å². The number of hydrogen-bond donors (Lipinski definition) is 0. The smallest absolute Gasteiger partial charge is 0.0702 e. The predicted molar refractivity (Wildman–Crippen MR) is 244 cm³/mol. The highest BCUT2D eigenvalue weighted by Gasteiger charge is 2.38. The number of benzene rings is 9. The molecule has 0 N–H and O–H groups in total. The Morgan fingerprint density at radius 1 is 0.293 bits per heavy atom. The zero-order valence-corrected chi connectivity index (χ0v) is 32.3. The van der Waals surface area contributed by atoms with E-state index in [1.807, 2.05) is 0 Å². The zero-order chi connectivity index (χ0) is 38.6. The van der Waals surface area contributed by atoms with Crippen LogP contribution in [0.3, 0.4) is 0 Å². The Morgan fingerprint density at radius 2 is 0.690 bits per heavy atom. The molecule has 9 aromatic carbocycles. The van der Waals surface area contributed by atoms with Crippen LogP contribution in [0.2, 0.25) is 0 Å². The van der Waals surface area contributed by atoms with Gasteiger partial charge in [-0.2, -0.15) is 0 Å². The van der Waals surface area contributed by atoms with Gasteiger partial charge in [-0.1, -0.05) is 164 Å². The normalized spacial score (nSPS) is 11.9. The molecule has 2 heterocycles. The fourth-order valence-electron chi connectivity index (χ4n) is 9.57. The SMILES string of the molecule is Cc1cccc(-n2c3ccccc3c3cc(-c4ccc5c(c4)c4ccccc4n5-c4cccc(C(c5ccccc5)(c5ccccc5)c5ccccc5)c4)ccc32)c1. The lowest BCUT2D eigenvalue weighted by molar-refractivity contribution is 0.744. The van der Waals surface area contributed by atoms with E-state index < -0.39 is 5.41 Å². The maximum atomic E-state index is 2.45. The van der Waals surface area contributed by atoms with Gasteiger partial charge in [0.15, 0.2) is 0 Å². The molecular formula is C56H40N2. The number of rotatable bonds is 7. The lowest BCUT2D eigenvalue weighted by atomic mass is 9.65. The molecule has 0 bridgehead atoms. The van der Waals surface area contributed by atoms with Gasteiger partial charge >= 0.3 is 0 Å². The fraction of sp³-hybridized carbons (Fsp3) is 0.0357. The van der Waals surface area contributed by atoms with Crippen molar-refractivity contribution in [3.8, 4) is 22.5 Å². The van der Waals surface area contributed by atoms with Crippen LogP contribution in [0.4, 0.5) is 0 Å². The van der Waals surface area contributed by atoms with E-state index >= 15 is 0 Å². The summed E-state index contributed by atoms with van der Waals surface area (Å²) in [4.78, 5) is 0. The molecule has 0 spiro atoms. The van der Waals surface area contributed by atoms with Crippen LogP contribution in [0, 0.1) is 6.92 Å². The summed E-state index contributed by atoms with van der Waals surface area (Å²) in [6.45, 7) is 2.16. The minimum atomic E-state index is -0.535. The Kier molecular flexibility index (Phi) is 7.97. The third kappa shape index (κ3) is 5.26. The number of hydrogen-bond acceptors (Lipinski definition) is 0. The van der Waals surface area contributed by atoms with E-state index in [2.05, 4.69) is 241 Å². The van der Waals surface area contributed by atoms with Crippen molar-refractivity contribution in [1.29, 1.82) is 0 Å². The number of aryl methyl sites for hydroxylation is 1. The molecule has 2 nitrogen and oxygen atoms in total. The van der Waals surface area contributed by atoms with Crippen molar-refractivity contribution in [2.24, 2.45) is 0 Å². The highest BCUT2D eigenvalue weighted by molar-refractivity contribution is 6.12. The standard InChI is InChI=1S/C56H40N2/c1-39-17-15-25-46(35-39)57-52-29-13-11-27-48(52)50-36-40(31-33-54(50)57)41-32-34-55-51(37-41)49-28-12-14-30-53(49)58(55)47-26-16-24-45(38-47)56(42-18-5-2-6-19-42,43-20-7-3-8-21-43)44-22-9-4-10-23-44/h2-38H,1H3. The molecule has 0 atom stereocenters. The van der Waals surface area contributed by atoms with E-state index in [4.69, 9.17) is 0 Å². The Hall–Kier alpha value is -7.42. The molecule has 0 saturated heterocycles. The first-order valence-corrected chi connectivity index (χ1v) is 20.1. The van der Waals surface area contributed by atoms with E-state index in [0.29, 0.717) is 0 Å². The highest BCUT2D eigenvalue weighted by atomic mass is 15.0. The lowest BCUT2D eigenvalue weighted by Crippen LogP contribution is -2.31.